The highest BCUT2D eigenvalue weighted by Gasteiger charge is 2.25. The number of rotatable bonds is 4. The smallest absolute Gasteiger partial charge is 0.409 e. The Morgan fingerprint density at radius 3 is 1.29 bits per heavy atom. The van der Waals surface area contributed by atoms with Gasteiger partial charge in [0.2, 0.25) is 0 Å². The average Bonchev–Trinajstić information content (AvgIpc) is 2.98. The van der Waals surface area contributed by atoms with Crippen molar-refractivity contribution in [2.75, 3.05) is 6.67 Å². The van der Waals surface area contributed by atoms with Crippen molar-refractivity contribution >= 4 is 12.2 Å². The lowest BCUT2D eigenvalue weighted by Gasteiger charge is -2.26. The number of fused-ring (bicyclic) bond motifs is 4. The highest BCUT2D eigenvalue weighted by molar-refractivity contribution is 5.70. The number of hydrogen-bond donors (Lipinski definition) is 2. The Bertz CT molecular complexity index is 1430. The third-order valence-electron chi connectivity index (χ3n) is 8.14. The van der Waals surface area contributed by atoms with Gasteiger partial charge >= 0.3 is 12.2 Å². The van der Waals surface area contributed by atoms with E-state index in [-0.39, 0.29) is 6.67 Å². The second-order valence-corrected chi connectivity index (χ2v) is 10.7. The molecule has 0 heterocycles. The van der Waals surface area contributed by atoms with Crippen LogP contribution in [0, 0.1) is 0 Å². The van der Waals surface area contributed by atoms with Crippen LogP contribution in [0.5, 0.6) is 0 Å². The minimum absolute atomic E-state index is 0.104. The van der Waals surface area contributed by atoms with E-state index < -0.39 is 24.4 Å². The molecule has 6 heteroatoms. The molecule has 208 valence electrons. The Kier molecular flexibility index (Phi) is 7.99. The number of carbonyl (C=O) groups excluding carboxylic acids is 2. The van der Waals surface area contributed by atoms with Crippen molar-refractivity contribution in [3.63, 3.8) is 0 Å². The van der Waals surface area contributed by atoms with Gasteiger partial charge in [0.15, 0.2) is 0 Å². The summed E-state index contributed by atoms with van der Waals surface area (Å²) in [6, 6.07) is 32.9. The van der Waals surface area contributed by atoms with Crippen LogP contribution in [-0.4, -0.2) is 18.9 Å². The third-order valence-corrected chi connectivity index (χ3v) is 8.14. The molecule has 0 aromatic heterocycles. The highest BCUT2D eigenvalue weighted by atomic mass is 16.6. The summed E-state index contributed by atoms with van der Waals surface area (Å²) in [6.07, 6.45) is 2.84. The normalized spacial score (nSPS) is 17.5. The Labute approximate surface area is 240 Å². The average molecular weight is 547 g/mol. The van der Waals surface area contributed by atoms with Gasteiger partial charge in [-0.25, -0.2) is 9.59 Å². The quantitative estimate of drug-likeness (QED) is 0.284. The fourth-order valence-corrected chi connectivity index (χ4v) is 6.05. The molecule has 6 rings (SSSR count). The number of carbonyl (C=O) groups is 2. The monoisotopic (exact) mass is 546 g/mol. The standard InChI is InChI=1S/C35H34N2O4/c38-34(40-32-21-28-13-3-1-9-24(28)17-19-26-11-5-7-15-30(26)32)36-23-37-35(39)41-33-22-29-14-4-2-10-25(29)18-20-27-12-6-8-16-31(27)33/h1-16,32-33H,17-23H2,(H,36,38)(H,37,39). The molecule has 2 unspecified atom stereocenters. The van der Waals surface area contributed by atoms with Crippen molar-refractivity contribution in [3.8, 4) is 0 Å². The van der Waals surface area contributed by atoms with Crippen LogP contribution in [0.15, 0.2) is 97.1 Å². The fraction of sp³-hybridized carbons (Fsp3) is 0.257. The predicted molar refractivity (Wildman–Crippen MR) is 158 cm³/mol. The Hall–Kier alpha value is -4.58. The minimum Gasteiger partial charge on any atom is -0.441 e. The van der Waals surface area contributed by atoms with Crippen molar-refractivity contribution in [3.05, 3.63) is 142 Å². The molecule has 2 aliphatic rings. The van der Waals surface area contributed by atoms with Gasteiger partial charge in [0, 0.05) is 12.8 Å². The van der Waals surface area contributed by atoms with Crippen LogP contribution in [-0.2, 0) is 48.0 Å². The summed E-state index contributed by atoms with van der Waals surface area (Å²) in [6.45, 7) is -0.104. The van der Waals surface area contributed by atoms with Crippen LogP contribution in [0.3, 0.4) is 0 Å². The van der Waals surface area contributed by atoms with E-state index in [0.717, 1.165) is 36.8 Å². The molecule has 0 spiro atoms. The predicted octanol–water partition coefficient (Wildman–Crippen LogP) is 6.56. The van der Waals surface area contributed by atoms with E-state index in [4.69, 9.17) is 9.47 Å². The van der Waals surface area contributed by atoms with Gasteiger partial charge in [-0.2, -0.15) is 0 Å². The first-order chi connectivity index (χ1) is 20.1. The molecule has 2 N–H and O–H groups in total. The van der Waals surface area contributed by atoms with E-state index in [9.17, 15) is 9.59 Å². The summed E-state index contributed by atoms with van der Waals surface area (Å²) in [4.78, 5) is 25.7. The van der Waals surface area contributed by atoms with Gasteiger partial charge in [-0.05, 0) is 70.2 Å². The molecule has 0 fully saturated rings. The summed E-state index contributed by atoms with van der Waals surface area (Å²) in [7, 11) is 0. The zero-order valence-corrected chi connectivity index (χ0v) is 23.0. The number of aryl methyl sites for hydroxylation is 4. The number of benzene rings is 4. The Morgan fingerprint density at radius 1 is 0.512 bits per heavy atom. The molecule has 0 bridgehead atoms. The summed E-state index contributed by atoms with van der Waals surface area (Å²) in [5.41, 5.74) is 9.33. The molecular formula is C35H34N2O4. The van der Waals surface area contributed by atoms with E-state index in [2.05, 4.69) is 47.0 Å². The van der Waals surface area contributed by atoms with Gasteiger partial charge in [0.1, 0.15) is 12.2 Å². The summed E-state index contributed by atoms with van der Waals surface area (Å²) in [5, 5.41) is 5.35. The molecule has 2 atom stereocenters. The Balaban J connectivity index is 1.08. The fourth-order valence-electron chi connectivity index (χ4n) is 6.05. The number of amides is 2. The summed E-state index contributed by atoms with van der Waals surface area (Å²) in [5.74, 6) is 0. The zero-order valence-electron chi connectivity index (χ0n) is 23.0. The number of ether oxygens (including phenoxy) is 2. The summed E-state index contributed by atoms with van der Waals surface area (Å²) < 4.78 is 11.8. The van der Waals surface area contributed by atoms with Crippen molar-refractivity contribution in [1.82, 2.24) is 10.6 Å². The summed E-state index contributed by atoms with van der Waals surface area (Å²) >= 11 is 0. The molecule has 41 heavy (non-hydrogen) atoms. The number of hydrogen-bond acceptors (Lipinski definition) is 4. The van der Waals surface area contributed by atoms with E-state index >= 15 is 0 Å². The first-order valence-corrected chi connectivity index (χ1v) is 14.3. The van der Waals surface area contributed by atoms with Gasteiger partial charge in [0.25, 0.3) is 0 Å². The van der Waals surface area contributed by atoms with Gasteiger partial charge in [-0.1, -0.05) is 97.1 Å². The van der Waals surface area contributed by atoms with E-state index in [1.165, 1.54) is 33.4 Å². The first kappa shape index (κ1) is 26.6. The van der Waals surface area contributed by atoms with E-state index in [0.29, 0.717) is 12.8 Å². The van der Waals surface area contributed by atoms with Crippen molar-refractivity contribution in [2.45, 2.75) is 50.7 Å². The van der Waals surface area contributed by atoms with Crippen molar-refractivity contribution in [1.29, 1.82) is 0 Å². The minimum atomic E-state index is -0.589. The van der Waals surface area contributed by atoms with Gasteiger partial charge in [-0.15, -0.1) is 0 Å². The van der Waals surface area contributed by atoms with Crippen LogP contribution < -0.4 is 10.6 Å². The van der Waals surface area contributed by atoms with Crippen molar-refractivity contribution in [2.24, 2.45) is 0 Å². The van der Waals surface area contributed by atoms with Crippen LogP contribution >= 0.6 is 0 Å². The van der Waals surface area contributed by atoms with E-state index in [1.54, 1.807) is 0 Å². The van der Waals surface area contributed by atoms with E-state index in [1.807, 2.05) is 60.7 Å². The molecular weight excluding hydrogens is 512 g/mol. The molecule has 2 aliphatic carbocycles. The van der Waals surface area contributed by atoms with Gasteiger partial charge in [0.05, 0.1) is 6.67 Å². The molecule has 0 saturated carbocycles. The van der Waals surface area contributed by atoms with Gasteiger partial charge < -0.3 is 20.1 Å². The molecule has 0 aliphatic heterocycles. The zero-order chi connectivity index (χ0) is 28.0. The maximum Gasteiger partial charge on any atom is 0.409 e. The van der Waals surface area contributed by atoms with Crippen molar-refractivity contribution < 1.29 is 19.1 Å². The lowest BCUT2D eigenvalue weighted by molar-refractivity contribution is 0.0896. The molecule has 2 amide bonds. The molecule has 0 radical (unpaired) electrons. The number of alkyl carbamates (subject to hydrolysis) is 2. The maximum absolute atomic E-state index is 12.9. The third kappa shape index (κ3) is 6.27. The van der Waals surface area contributed by atoms with Crippen LogP contribution in [0.25, 0.3) is 0 Å². The maximum atomic E-state index is 12.9. The molecule has 0 saturated heterocycles. The first-order valence-electron chi connectivity index (χ1n) is 14.3. The Morgan fingerprint density at radius 2 is 0.854 bits per heavy atom. The van der Waals surface area contributed by atoms with Crippen LogP contribution in [0.4, 0.5) is 9.59 Å². The highest BCUT2D eigenvalue weighted by Crippen LogP contribution is 2.32. The SMILES string of the molecule is O=C(NCNC(=O)OC1Cc2ccccc2CCc2ccccc21)OC1Cc2ccccc2CCc2ccccc21. The second-order valence-electron chi connectivity index (χ2n) is 10.7. The molecule has 4 aromatic rings. The second kappa shape index (κ2) is 12.3. The molecule has 4 aromatic carbocycles. The van der Waals surface area contributed by atoms with Crippen LogP contribution in [0.2, 0.25) is 0 Å². The number of nitrogens with one attached hydrogen (secondary N) is 2. The lowest BCUT2D eigenvalue weighted by Crippen LogP contribution is -2.39. The largest absolute Gasteiger partial charge is 0.441 e. The van der Waals surface area contributed by atoms with Crippen LogP contribution in [0.1, 0.15) is 56.7 Å². The lowest BCUT2D eigenvalue weighted by atomic mass is 9.87. The topological polar surface area (TPSA) is 76.7 Å². The molecule has 6 nitrogen and oxygen atoms in total. The van der Waals surface area contributed by atoms with Gasteiger partial charge in [-0.3, -0.25) is 0 Å².